The average Bonchev–Trinajstić information content (AvgIpc) is 3.37. The second-order valence-corrected chi connectivity index (χ2v) is 19.6. The van der Waals surface area contributed by atoms with Crippen molar-refractivity contribution in [1.29, 1.82) is 0 Å². The number of esters is 1. The molecule has 71 heavy (non-hydrogen) atoms. The lowest BCUT2D eigenvalue weighted by Crippen LogP contribution is -2.60. The highest BCUT2D eigenvalue weighted by atomic mass is 16.7. The van der Waals surface area contributed by atoms with Gasteiger partial charge >= 0.3 is 5.97 Å². The number of ether oxygens (including phenoxy) is 3. The largest absolute Gasteiger partial charge is 0.466 e. The molecule has 1 aliphatic rings. The van der Waals surface area contributed by atoms with Crippen molar-refractivity contribution in [1.82, 2.24) is 5.32 Å². The number of amides is 1. The summed E-state index contributed by atoms with van der Waals surface area (Å²) in [6, 6.07) is -0.847. The molecular weight excluding hydrogens is 895 g/mol. The summed E-state index contributed by atoms with van der Waals surface area (Å²) in [5.41, 5.74) is 0. The van der Waals surface area contributed by atoms with Crippen molar-refractivity contribution in [2.24, 2.45) is 0 Å². The summed E-state index contributed by atoms with van der Waals surface area (Å²) in [6.45, 7) is 4.01. The molecule has 6 N–H and O–H groups in total. The Balaban J connectivity index is 2.06. The first-order valence-electron chi connectivity index (χ1n) is 28.7. The molecule has 11 heteroatoms. The van der Waals surface area contributed by atoms with Crippen LogP contribution in [0, 0.1) is 0 Å². The maximum absolute atomic E-state index is 13.0. The maximum Gasteiger partial charge on any atom is 0.305 e. The normalized spacial score (nSPS) is 19.7. The van der Waals surface area contributed by atoms with E-state index in [1.807, 2.05) is 19.1 Å². The molecule has 410 valence electrons. The first kappa shape index (κ1) is 66.1. The number of hydrogen-bond donors (Lipinski definition) is 6. The topological polar surface area (TPSA) is 175 Å². The van der Waals surface area contributed by atoms with Gasteiger partial charge in [0.1, 0.15) is 24.4 Å². The molecule has 1 amide bonds. The summed E-state index contributed by atoms with van der Waals surface area (Å²) in [5, 5.41) is 54.1. The summed E-state index contributed by atoms with van der Waals surface area (Å²) in [4.78, 5) is 25.1. The lowest BCUT2D eigenvalue weighted by atomic mass is 9.99. The second kappa shape index (κ2) is 49.3. The molecule has 0 aliphatic carbocycles. The van der Waals surface area contributed by atoms with Crippen LogP contribution in [-0.4, -0.2) is 100 Å². The molecule has 0 spiro atoms. The zero-order valence-electron chi connectivity index (χ0n) is 44.9. The second-order valence-electron chi connectivity index (χ2n) is 19.6. The van der Waals surface area contributed by atoms with Crippen molar-refractivity contribution in [2.75, 3.05) is 19.8 Å². The highest BCUT2D eigenvalue weighted by molar-refractivity contribution is 5.76. The molecule has 0 bridgehead atoms. The minimum absolute atomic E-state index is 0.0309. The zero-order chi connectivity index (χ0) is 51.7. The molecule has 0 aromatic rings. The van der Waals surface area contributed by atoms with E-state index in [-0.39, 0.29) is 18.5 Å². The van der Waals surface area contributed by atoms with E-state index < -0.39 is 49.5 Å². The number of carbonyl (C=O) groups excluding carboxylic acids is 2. The van der Waals surface area contributed by atoms with Gasteiger partial charge in [-0.2, -0.15) is 0 Å². The van der Waals surface area contributed by atoms with Gasteiger partial charge in [-0.15, -0.1) is 0 Å². The number of carbonyl (C=O) groups is 2. The quantitative estimate of drug-likeness (QED) is 0.0196. The molecule has 0 aromatic heterocycles. The fourth-order valence-electron chi connectivity index (χ4n) is 8.50. The van der Waals surface area contributed by atoms with Crippen molar-refractivity contribution in [2.45, 2.75) is 275 Å². The van der Waals surface area contributed by atoms with Gasteiger partial charge in [-0.1, -0.05) is 183 Å². The highest BCUT2D eigenvalue weighted by Gasteiger charge is 2.44. The Morgan fingerprint density at radius 2 is 1.01 bits per heavy atom. The summed E-state index contributed by atoms with van der Waals surface area (Å²) < 4.78 is 16.6. The molecule has 1 rings (SSSR count). The van der Waals surface area contributed by atoms with Crippen molar-refractivity contribution >= 4 is 11.9 Å². The van der Waals surface area contributed by atoms with Crippen LogP contribution in [0.2, 0.25) is 0 Å². The van der Waals surface area contributed by atoms with Gasteiger partial charge in [0.05, 0.1) is 32.0 Å². The molecule has 0 aromatic carbocycles. The molecule has 0 saturated carbocycles. The smallest absolute Gasteiger partial charge is 0.305 e. The summed E-state index contributed by atoms with van der Waals surface area (Å²) >= 11 is 0. The van der Waals surface area contributed by atoms with Crippen LogP contribution in [0.5, 0.6) is 0 Å². The third-order valence-corrected chi connectivity index (χ3v) is 13.1. The Morgan fingerprint density at radius 3 is 1.56 bits per heavy atom. The fraction of sp³-hybridized carbons (Fsp3) is 0.767. The molecule has 1 saturated heterocycles. The van der Waals surface area contributed by atoms with Gasteiger partial charge in [0.25, 0.3) is 0 Å². The lowest BCUT2D eigenvalue weighted by molar-refractivity contribution is -0.302. The summed E-state index contributed by atoms with van der Waals surface area (Å²) in [5.74, 6) is -0.250. The van der Waals surface area contributed by atoms with E-state index >= 15 is 0 Å². The summed E-state index contributed by atoms with van der Waals surface area (Å²) in [7, 11) is 0. The minimum Gasteiger partial charge on any atom is -0.466 e. The predicted octanol–water partition coefficient (Wildman–Crippen LogP) is 12.8. The average molecular weight is 1000 g/mol. The molecular formula is C60H105NO10. The number of aliphatic hydroxyl groups excluding tert-OH is 5. The van der Waals surface area contributed by atoms with Crippen LogP contribution >= 0.6 is 0 Å². The van der Waals surface area contributed by atoms with E-state index in [0.29, 0.717) is 25.9 Å². The van der Waals surface area contributed by atoms with Crippen molar-refractivity contribution in [3.8, 4) is 0 Å². The molecule has 7 atom stereocenters. The number of allylic oxidation sites excluding steroid dienone is 11. The third-order valence-electron chi connectivity index (χ3n) is 13.1. The van der Waals surface area contributed by atoms with E-state index in [1.54, 1.807) is 6.08 Å². The van der Waals surface area contributed by atoms with Gasteiger partial charge < -0.3 is 45.1 Å². The molecule has 1 heterocycles. The van der Waals surface area contributed by atoms with Crippen molar-refractivity contribution < 1.29 is 49.3 Å². The Morgan fingerprint density at radius 1 is 0.549 bits per heavy atom. The van der Waals surface area contributed by atoms with Crippen LogP contribution in [0.15, 0.2) is 72.9 Å². The van der Waals surface area contributed by atoms with Gasteiger partial charge in [-0.05, 0) is 110 Å². The molecule has 1 fully saturated rings. The van der Waals surface area contributed by atoms with E-state index in [2.05, 4.69) is 66.9 Å². The van der Waals surface area contributed by atoms with E-state index in [4.69, 9.17) is 14.2 Å². The minimum atomic E-state index is -1.59. The van der Waals surface area contributed by atoms with Crippen LogP contribution < -0.4 is 5.32 Å². The zero-order valence-corrected chi connectivity index (χ0v) is 44.9. The molecule has 11 nitrogen and oxygen atoms in total. The maximum atomic E-state index is 13.0. The van der Waals surface area contributed by atoms with Gasteiger partial charge in [0, 0.05) is 12.8 Å². The van der Waals surface area contributed by atoms with Gasteiger partial charge in [0.2, 0.25) is 5.91 Å². The SMILES string of the molecule is C/C=C/CC/C=C/CC/C=C/C(O)C(COC1OC(CO)C(O)C(O)C1O)NC(=O)CCCCCCC/C=C\CCCCCCCCCOC(=O)CCCCCCCCC/C=C\C/C=C\CCCCCC. The van der Waals surface area contributed by atoms with Gasteiger partial charge in [-0.3, -0.25) is 9.59 Å². The standard InChI is InChI=1S/C60H105NO10/c1-3-5-7-9-11-13-14-15-16-17-18-22-25-28-32-36-40-44-48-56(65)69-49-45-41-37-33-29-26-23-20-19-21-24-27-31-35-39-43-47-55(64)61-52(53(63)46-42-38-34-30-12-10-8-6-4-2)51-70-60-59(68)58(67)57(66)54(50-62)71-60/h4,6,12-14,16-17,19,21,30,42,46,52-54,57-60,62-63,66-68H,3,5,7-11,15,18,20,22-29,31-41,43-45,47-51H2,1-2H3,(H,61,64)/b6-4+,14-13-,17-16-,21-19-,30-12+,46-42+. The van der Waals surface area contributed by atoms with Crippen LogP contribution in [-0.2, 0) is 23.8 Å². The predicted molar refractivity (Wildman–Crippen MR) is 292 cm³/mol. The number of unbranched alkanes of at least 4 members (excludes halogenated alkanes) is 25. The Kier molecular flexibility index (Phi) is 45.9. The first-order chi connectivity index (χ1) is 34.7. The van der Waals surface area contributed by atoms with Crippen LogP contribution in [0.3, 0.4) is 0 Å². The molecule has 0 radical (unpaired) electrons. The van der Waals surface area contributed by atoms with Crippen molar-refractivity contribution in [3.05, 3.63) is 72.9 Å². The van der Waals surface area contributed by atoms with Crippen LogP contribution in [0.25, 0.3) is 0 Å². The Bertz CT molecular complexity index is 1410. The molecule has 7 unspecified atom stereocenters. The summed E-state index contributed by atoms with van der Waals surface area (Å²) in [6.07, 6.45) is 54.5. The fourth-order valence-corrected chi connectivity index (χ4v) is 8.50. The third kappa shape index (κ3) is 39.3. The number of hydrogen-bond acceptors (Lipinski definition) is 10. The van der Waals surface area contributed by atoms with Gasteiger partial charge in [-0.25, -0.2) is 0 Å². The van der Waals surface area contributed by atoms with Gasteiger partial charge in [0.15, 0.2) is 6.29 Å². The van der Waals surface area contributed by atoms with E-state index in [9.17, 15) is 35.1 Å². The first-order valence-corrected chi connectivity index (χ1v) is 28.7. The molecule has 1 aliphatic heterocycles. The van der Waals surface area contributed by atoms with E-state index in [1.165, 1.54) is 103 Å². The Hall–Kier alpha value is -2.90. The van der Waals surface area contributed by atoms with Crippen molar-refractivity contribution in [3.63, 3.8) is 0 Å². The lowest BCUT2D eigenvalue weighted by Gasteiger charge is -2.40. The van der Waals surface area contributed by atoms with Crippen LogP contribution in [0.4, 0.5) is 0 Å². The Labute approximate surface area is 432 Å². The monoisotopic (exact) mass is 1000 g/mol. The highest BCUT2D eigenvalue weighted by Crippen LogP contribution is 2.23. The number of rotatable bonds is 48. The number of nitrogens with one attached hydrogen (secondary N) is 1. The number of aliphatic hydroxyl groups is 5. The van der Waals surface area contributed by atoms with Crippen LogP contribution in [0.1, 0.15) is 232 Å². The van der Waals surface area contributed by atoms with E-state index in [0.717, 1.165) is 96.3 Å².